The van der Waals surface area contributed by atoms with E-state index in [0.717, 1.165) is 40.8 Å². The molecule has 0 spiro atoms. The van der Waals surface area contributed by atoms with Gasteiger partial charge in [-0.2, -0.15) is 0 Å². The summed E-state index contributed by atoms with van der Waals surface area (Å²) in [5, 5.41) is 2.88. The number of aromatic nitrogens is 1. The summed E-state index contributed by atoms with van der Waals surface area (Å²) in [4.78, 5) is 30.8. The highest BCUT2D eigenvalue weighted by molar-refractivity contribution is 5.94. The van der Waals surface area contributed by atoms with Crippen LogP contribution in [0, 0.1) is 26.6 Å². The number of methoxy groups -OCH3 is 1. The summed E-state index contributed by atoms with van der Waals surface area (Å²) in [7, 11) is 1.33. The summed E-state index contributed by atoms with van der Waals surface area (Å²) in [5.41, 5.74) is 5.26. The number of likely N-dealkylation sites (tertiary alicyclic amines) is 1. The molecule has 0 atom stereocenters. The van der Waals surface area contributed by atoms with E-state index in [4.69, 9.17) is 9.47 Å². The number of carbonyl (C=O) groups is 2. The molecule has 0 aliphatic carbocycles. The van der Waals surface area contributed by atoms with Gasteiger partial charge in [0.2, 0.25) is 5.88 Å². The molecule has 0 radical (unpaired) electrons. The Bertz CT molecular complexity index is 1260. The van der Waals surface area contributed by atoms with Crippen LogP contribution in [0.4, 0.5) is 10.1 Å². The van der Waals surface area contributed by atoms with Gasteiger partial charge in [0.15, 0.2) is 12.4 Å². The number of halogens is 1. The molecule has 2 amide bonds. The minimum Gasteiger partial charge on any atom is -0.483 e. The van der Waals surface area contributed by atoms with E-state index in [1.54, 1.807) is 4.90 Å². The molecule has 8 heteroatoms. The van der Waals surface area contributed by atoms with Crippen LogP contribution in [-0.2, 0) is 4.79 Å². The predicted octanol–water partition coefficient (Wildman–Crippen LogP) is 5.19. The highest BCUT2D eigenvalue weighted by Crippen LogP contribution is 2.30. The quantitative estimate of drug-likeness (QED) is 0.478. The van der Waals surface area contributed by atoms with Crippen molar-refractivity contribution in [2.45, 2.75) is 39.5 Å². The molecule has 1 fully saturated rings. The molecule has 2 heterocycles. The van der Waals surface area contributed by atoms with Crippen molar-refractivity contribution >= 4 is 17.5 Å². The van der Waals surface area contributed by atoms with Gasteiger partial charge >= 0.3 is 0 Å². The molecule has 2 aromatic carbocycles. The number of piperidine rings is 1. The fourth-order valence-corrected chi connectivity index (χ4v) is 4.86. The number of hydrogen-bond acceptors (Lipinski definition) is 5. The van der Waals surface area contributed by atoms with Crippen molar-refractivity contribution < 1.29 is 23.5 Å². The van der Waals surface area contributed by atoms with Crippen LogP contribution in [0.3, 0.4) is 0 Å². The van der Waals surface area contributed by atoms with E-state index in [0.29, 0.717) is 24.7 Å². The lowest BCUT2D eigenvalue weighted by Gasteiger charge is -2.32. The molecule has 1 aliphatic heterocycles. The molecule has 4 rings (SSSR count). The molecule has 1 N–H and O–H groups in total. The second kappa shape index (κ2) is 11.4. The molecule has 1 saturated heterocycles. The van der Waals surface area contributed by atoms with Crippen LogP contribution in [0.25, 0.3) is 0 Å². The highest BCUT2D eigenvalue weighted by Gasteiger charge is 2.25. The zero-order valence-electron chi connectivity index (χ0n) is 21.6. The monoisotopic (exact) mass is 505 g/mol. The number of amides is 2. The molecule has 0 unspecified atom stereocenters. The second-order valence-corrected chi connectivity index (χ2v) is 9.47. The van der Waals surface area contributed by atoms with E-state index in [1.165, 1.54) is 19.4 Å². The first-order valence-electron chi connectivity index (χ1n) is 12.3. The summed E-state index contributed by atoms with van der Waals surface area (Å²) in [5.74, 6) is -0.182. The molecule has 37 heavy (non-hydrogen) atoms. The first kappa shape index (κ1) is 26.1. The van der Waals surface area contributed by atoms with Crippen molar-refractivity contribution in [3.05, 3.63) is 82.3 Å². The van der Waals surface area contributed by atoms with E-state index in [-0.39, 0.29) is 29.9 Å². The van der Waals surface area contributed by atoms with Crippen molar-refractivity contribution in [3.8, 4) is 11.6 Å². The van der Waals surface area contributed by atoms with Crippen LogP contribution >= 0.6 is 0 Å². The lowest BCUT2D eigenvalue weighted by molar-refractivity contribution is -0.118. The van der Waals surface area contributed by atoms with Crippen molar-refractivity contribution in [1.29, 1.82) is 0 Å². The van der Waals surface area contributed by atoms with Crippen LogP contribution in [0.1, 0.15) is 51.4 Å². The third-order valence-electron chi connectivity index (χ3n) is 6.65. The SMILES string of the molecule is COc1ncc(C(=O)N2CCC(c3ccc(NC(=O)COc4c(C)cc(C)cc4C)cc3)CC2)cc1F. The van der Waals surface area contributed by atoms with E-state index < -0.39 is 5.82 Å². The Labute approximate surface area is 216 Å². The smallest absolute Gasteiger partial charge is 0.262 e. The Morgan fingerprint density at radius 1 is 1.05 bits per heavy atom. The Hall–Kier alpha value is -3.94. The molecule has 3 aromatic rings. The van der Waals surface area contributed by atoms with Gasteiger partial charge in [-0.3, -0.25) is 9.59 Å². The number of anilines is 1. The number of nitrogens with zero attached hydrogens (tertiary/aromatic N) is 2. The van der Waals surface area contributed by atoms with Crippen molar-refractivity contribution in [3.63, 3.8) is 0 Å². The van der Waals surface area contributed by atoms with Gasteiger partial charge in [0.05, 0.1) is 12.7 Å². The molecule has 1 aromatic heterocycles. The normalized spacial score (nSPS) is 13.8. The average molecular weight is 506 g/mol. The van der Waals surface area contributed by atoms with E-state index >= 15 is 0 Å². The van der Waals surface area contributed by atoms with Gasteiger partial charge in [0.1, 0.15) is 5.75 Å². The first-order chi connectivity index (χ1) is 17.7. The standard InChI is InChI=1S/C29H32FN3O4/c1-18-13-19(2)27(20(3)14-18)37-17-26(34)32-24-7-5-21(6-8-24)22-9-11-33(12-10-22)29(35)23-15-25(30)28(36-4)31-16-23/h5-8,13-16,22H,9-12,17H2,1-4H3,(H,32,34). The number of aryl methyl sites for hydroxylation is 3. The van der Waals surface area contributed by atoms with Gasteiger partial charge in [0, 0.05) is 25.0 Å². The lowest BCUT2D eigenvalue weighted by Crippen LogP contribution is -2.38. The maximum absolute atomic E-state index is 13.9. The van der Waals surface area contributed by atoms with Gasteiger partial charge in [-0.1, -0.05) is 29.8 Å². The van der Waals surface area contributed by atoms with Gasteiger partial charge in [-0.05, 0) is 74.4 Å². The number of hydrogen-bond donors (Lipinski definition) is 1. The second-order valence-electron chi connectivity index (χ2n) is 9.47. The Morgan fingerprint density at radius 3 is 2.30 bits per heavy atom. The Balaban J connectivity index is 1.28. The fourth-order valence-electron chi connectivity index (χ4n) is 4.86. The first-order valence-corrected chi connectivity index (χ1v) is 12.3. The van der Waals surface area contributed by atoms with Crippen molar-refractivity contribution in [1.82, 2.24) is 9.88 Å². The number of carbonyl (C=O) groups excluding carboxylic acids is 2. The summed E-state index contributed by atoms with van der Waals surface area (Å²) < 4.78 is 24.5. The maximum Gasteiger partial charge on any atom is 0.262 e. The Kier molecular flexibility index (Phi) is 8.06. The van der Waals surface area contributed by atoms with Crippen LogP contribution in [0.15, 0.2) is 48.7 Å². The van der Waals surface area contributed by atoms with E-state index in [1.807, 2.05) is 57.2 Å². The third-order valence-corrected chi connectivity index (χ3v) is 6.65. The summed E-state index contributed by atoms with van der Waals surface area (Å²) in [6.07, 6.45) is 2.94. The van der Waals surface area contributed by atoms with Crippen LogP contribution < -0.4 is 14.8 Å². The number of rotatable bonds is 7. The van der Waals surface area contributed by atoms with Crippen LogP contribution in [-0.4, -0.2) is 48.5 Å². The van der Waals surface area contributed by atoms with Gasteiger partial charge in [0.25, 0.3) is 11.8 Å². The summed E-state index contributed by atoms with van der Waals surface area (Å²) >= 11 is 0. The van der Waals surface area contributed by atoms with Gasteiger partial charge in [-0.15, -0.1) is 0 Å². The zero-order valence-corrected chi connectivity index (χ0v) is 21.6. The average Bonchev–Trinajstić information content (AvgIpc) is 2.88. The predicted molar refractivity (Wildman–Crippen MR) is 140 cm³/mol. The van der Waals surface area contributed by atoms with E-state index in [2.05, 4.69) is 10.3 Å². The molecule has 1 aliphatic rings. The minimum atomic E-state index is -0.651. The number of pyridine rings is 1. The molecule has 194 valence electrons. The molecular weight excluding hydrogens is 473 g/mol. The number of benzene rings is 2. The van der Waals surface area contributed by atoms with Gasteiger partial charge < -0.3 is 19.7 Å². The molecular formula is C29H32FN3O4. The maximum atomic E-state index is 13.9. The lowest BCUT2D eigenvalue weighted by atomic mass is 9.89. The molecule has 7 nitrogen and oxygen atoms in total. The topological polar surface area (TPSA) is 80.8 Å². The molecule has 0 bridgehead atoms. The minimum absolute atomic E-state index is 0.0629. The zero-order chi connectivity index (χ0) is 26.5. The summed E-state index contributed by atoms with van der Waals surface area (Å²) in [6, 6.07) is 13.0. The largest absolute Gasteiger partial charge is 0.483 e. The van der Waals surface area contributed by atoms with Crippen LogP contribution in [0.2, 0.25) is 0 Å². The number of ether oxygens (including phenoxy) is 2. The Morgan fingerprint density at radius 2 is 1.70 bits per heavy atom. The highest BCUT2D eigenvalue weighted by atomic mass is 19.1. The van der Waals surface area contributed by atoms with Crippen molar-refractivity contribution in [2.75, 3.05) is 32.1 Å². The molecule has 0 saturated carbocycles. The summed E-state index contributed by atoms with van der Waals surface area (Å²) in [6.45, 7) is 7.07. The van der Waals surface area contributed by atoms with E-state index in [9.17, 15) is 14.0 Å². The van der Waals surface area contributed by atoms with Crippen molar-refractivity contribution in [2.24, 2.45) is 0 Å². The van der Waals surface area contributed by atoms with Gasteiger partial charge in [-0.25, -0.2) is 9.37 Å². The fraction of sp³-hybridized carbons (Fsp3) is 0.345. The third kappa shape index (κ3) is 6.25. The van der Waals surface area contributed by atoms with Crippen LogP contribution in [0.5, 0.6) is 11.6 Å². The number of nitrogens with one attached hydrogen (secondary N) is 1.